The smallest absolute Gasteiger partial charge is 0.251 e. The van der Waals surface area contributed by atoms with Crippen molar-refractivity contribution in [2.45, 2.75) is 75.6 Å². The van der Waals surface area contributed by atoms with Crippen molar-refractivity contribution in [1.29, 1.82) is 0 Å². The number of nitrogens with one attached hydrogen (secondary N) is 1. The second-order valence-corrected chi connectivity index (χ2v) is 11.4. The molecular formula is C26H33ClN2O3S. The highest BCUT2D eigenvalue weighted by atomic mass is 35.5. The number of halogens is 1. The lowest BCUT2D eigenvalue weighted by molar-refractivity contribution is 0.0935. The van der Waals surface area contributed by atoms with E-state index in [1.54, 1.807) is 6.07 Å². The Morgan fingerprint density at radius 3 is 2.36 bits per heavy atom. The maximum Gasteiger partial charge on any atom is 0.251 e. The lowest BCUT2D eigenvalue weighted by Gasteiger charge is -2.23. The van der Waals surface area contributed by atoms with Gasteiger partial charge in [-0.15, -0.1) is 0 Å². The van der Waals surface area contributed by atoms with Crippen LogP contribution in [0, 0.1) is 0 Å². The van der Waals surface area contributed by atoms with E-state index in [2.05, 4.69) is 23.5 Å². The predicted octanol–water partition coefficient (Wildman–Crippen LogP) is 5.66. The molecule has 0 unspecified atom stereocenters. The van der Waals surface area contributed by atoms with Crippen molar-refractivity contribution in [2.24, 2.45) is 0 Å². The SMILES string of the molecule is CC[C@@H](NC(=O)c1ccc(Cl)c(S(=O)(=O)N2CCCCCC2)c1)c1ccc2c(c1)CCCC2. The lowest BCUT2D eigenvalue weighted by atomic mass is 9.88. The first-order valence-electron chi connectivity index (χ1n) is 12.1. The molecule has 1 aliphatic heterocycles. The molecule has 178 valence electrons. The minimum Gasteiger partial charge on any atom is -0.345 e. The van der Waals surface area contributed by atoms with Crippen molar-refractivity contribution in [3.63, 3.8) is 0 Å². The normalized spacial score (nSPS) is 18.2. The molecule has 1 saturated heterocycles. The zero-order valence-electron chi connectivity index (χ0n) is 19.3. The van der Waals surface area contributed by atoms with Crippen LogP contribution in [0.3, 0.4) is 0 Å². The molecule has 5 nitrogen and oxygen atoms in total. The van der Waals surface area contributed by atoms with E-state index in [1.807, 2.05) is 6.92 Å². The fraction of sp³-hybridized carbons (Fsp3) is 0.500. The van der Waals surface area contributed by atoms with Crippen LogP contribution in [0.5, 0.6) is 0 Å². The number of fused-ring (bicyclic) bond motifs is 1. The molecule has 0 bridgehead atoms. The molecule has 1 N–H and O–H groups in total. The highest BCUT2D eigenvalue weighted by Gasteiger charge is 2.28. The lowest BCUT2D eigenvalue weighted by Crippen LogP contribution is -2.32. The van der Waals surface area contributed by atoms with Gasteiger partial charge in [-0.3, -0.25) is 4.79 Å². The van der Waals surface area contributed by atoms with Gasteiger partial charge in [-0.2, -0.15) is 4.31 Å². The van der Waals surface area contributed by atoms with Crippen LogP contribution in [0.2, 0.25) is 5.02 Å². The fourth-order valence-corrected chi connectivity index (χ4v) is 6.91. The van der Waals surface area contributed by atoms with Gasteiger partial charge in [-0.25, -0.2) is 8.42 Å². The van der Waals surface area contributed by atoms with E-state index < -0.39 is 10.0 Å². The summed E-state index contributed by atoms with van der Waals surface area (Å²) in [4.78, 5) is 13.1. The second kappa shape index (κ2) is 10.6. The molecule has 1 heterocycles. The van der Waals surface area contributed by atoms with Crippen molar-refractivity contribution in [3.8, 4) is 0 Å². The molecule has 0 radical (unpaired) electrons. The molecule has 2 aliphatic rings. The highest BCUT2D eigenvalue weighted by molar-refractivity contribution is 7.89. The largest absolute Gasteiger partial charge is 0.345 e. The molecule has 0 aromatic heterocycles. The Labute approximate surface area is 202 Å². The van der Waals surface area contributed by atoms with E-state index in [0.717, 1.165) is 50.5 Å². The maximum atomic E-state index is 13.3. The zero-order valence-corrected chi connectivity index (χ0v) is 20.9. The number of rotatable bonds is 6. The van der Waals surface area contributed by atoms with Gasteiger partial charge in [-0.1, -0.05) is 49.6 Å². The molecule has 4 rings (SSSR count). The number of amides is 1. The zero-order chi connectivity index (χ0) is 23.4. The second-order valence-electron chi connectivity index (χ2n) is 9.13. The molecule has 7 heteroatoms. The minimum atomic E-state index is -3.75. The molecule has 1 atom stereocenters. The van der Waals surface area contributed by atoms with Crippen LogP contribution < -0.4 is 5.32 Å². The number of hydrogen-bond acceptors (Lipinski definition) is 3. The first kappa shape index (κ1) is 24.2. The highest BCUT2D eigenvalue weighted by Crippen LogP contribution is 2.29. The Morgan fingerprint density at radius 2 is 1.67 bits per heavy atom. The van der Waals surface area contributed by atoms with Gasteiger partial charge in [0.15, 0.2) is 0 Å². The molecule has 33 heavy (non-hydrogen) atoms. The van der Waals surface area contributed by atoms with Crippen molar-refractivity contribution < 1.29 is 13.2 Å². The third kappa shape index (κ3) is 5.44. The Balaban J connectivity index is 1.55. The summed E-state index contributed by atoms with van der Waals surface area (Å²) in [6.45, 7) is 3.03. The third-order valence-electron chi connectivity index (χ3n) is 6.86. The summed E-state index contributed by atoms with van der Waals surface area (Å²) in [5, 5.41) is 3.25. The summed E-state index contributed by atoms with van der Waals surface area (Å²) < 4.78 is 28.1. The van der Waals surface area contributed by atoms with Crippen molar-refractivity contribution in [2.75, 3.05) is 13.1 Å². The van der Waals surface area contributed by atoms with Gasteiger partial charge < -0.3 is 5.32 Å². The van der Waals surface area contributed by atoms with Gasteiger partial charge in [0.25, 0.3) is 5.91 Å². The summed E-state index contributed by atoms with van der Waals surface area (Å²) in [5.74, 6) is -0.288. The quantitative estimate of drug-likeness (QED) is 0.570. The van der Waals surface area contributed by atoms with E-state index in [0.29, 0.717) is 18.7 Å². The fourth-order valence-electron chi connectivity index (χ4n) is 4.90. The van der Waals surface area contributed by atoms with Gasteiger partial charge >= 0.3 is 0 Å². The Hall–Kier alpha value is -1.89. The molecule has 0 spiro atoms. The number of carbonyl (C=O) groups is 1. The number of hydrogen-bond donors (Lipinski definition) is 1. The van der Waals surface area contributed by atoms with Gasteiger partial charge in [-0.05, 0) is 79.8 Å². The summed E-state index contributed by atoms with van der Waals surface area (Å²) in [7, 11) is -3.75. The maximum absolute atomic E-state index is 13.3. The first-order valence-corrected chi connectivity index (χ1v) is 13.9. The van der Waals surface area contributed by atoms with Crippen LogP contribution in [-0.2, 0) is 22.9 Å². The number of benzene rings is 2. The standard InChI is InChI=1S/C26H33ClN2O3S/c1-2-24(21-12-11-19-9-5-6-10-20(19)17-21)28-26(30)22-13-14-23(27)25(18-22)33(31,32)29-15-7-3-4-8-16-29/h11-14,17-18,24H,2-10,15-16H2,1H3,(H,28,30)/t24-/m1/s1. The molecule has 1 aliphatic carbocycles. The molecule has 1 amide bonds. The number of carbonyl (C=O) groups excluding carboxylic acids is 1. The molecular weight excluding hydrogens is 456 g/mol. The van der Waals surface area contributed by atoms with Crippen LogP contribution >= 0.6 is 11.6 Å². The van der Waals surface area contributed by atoms with Crippen LogP contribution in [0.15, 0.2) is 41.3 Å². The van der Waals surface area contributed by atoms with E-state index >= 15 is 0 Å². The van der Waals surface area contributed by atoms with E-state index in [4.69, 9.17) is 11.6 Å². The summed E-state index contributed by atoms with van der Waals surface area (Å²) in [6.07, 6.45) is 9.15. The average Bonchev–Trinajstić information content (AvgIpc) is 3.12. The topological polar surface area (TPSA) is 66.5 Å². The van der Waals surface area contributed by atoms with Crippen molar-refractivity contribution in [3.05, 3.63) is 63.7 Å². The first-order chi connectivity index (χ1) is 15.9. The van der Waals surface area contributed by atoms with E-state index in [1.165, 1.54) is 40.4 Å². The number of nitrogens with zero attached hydrogens (tertiary/aromatic N) is 1. The Kier molecular flexibility index (Phi) is 7.77. The van der Waals surface area contributed by atoms with Crippen molar-refractivity contribution in [1.82, 2.24) is 9.62 Å². The number of aryl methyl sites for hydroxylation is 2. The summed E-state index contributed by atoms with van der Waals surface area (Å²) in [5.41, 5.74) is 4.19. The molecule has 2 aromatic carbocycles. The van der Waals surface area contributed by atoms with Crippen LogP contribution in [0.4, 0.5) is 0 Å². The third-order valence-corrected chi connectivity index (χ3v) is 9.24. The summed E-state index contributed by atoms with van der Waals surface area (Å²) >= 11 is 6.30. The van der Waals surface area contributed by atoms with Crippen molar-refractivity contribution >= 4 is 27.5 Å². The Bertz CT molecular complexity index is 1110. The van der Waals surface area contributed by atoms with Gasteiger partial charge in [0, 0.05) is 18.7 Å². The summed E-state index contributed by atoms with van der Waals surface area (Å²) in [6, 6.07) is 10.9. The van der Waals surface area contributed by atoms with Crippen LogP contribution in [0.1, 0.15) is 85.0 Å². The van der Waals surface area contributed by atoms with Gasteiger partial charge in [0.1, 0.15) is 4.90 Å². The van der Waals surface area contributed by atoms with Gasteiger partial charge in [0.05, 0.1) is 11.1 Å². The Morgan fingerprint density at radius 1 is 0.970 bits per heavy atom. The minimum absolute atomic E-state index is 0.0144. The van der Waals surface area contributed by atoms with E-state index in [9.17, 15) is 13.2 Å². The monoisotopic (exact) mass is 488 g/mol. The van der Waals surface area contributed by atoms with Gasteiger partial charge in [0.2, 0.25) is 10.0 Å². The number of sulfonamides is 1. The van der Waals surface area contributed by atoms with Crippen LogP contribution in [-0.4, -0.2) is 31.7 Å². The predicted molar refractivity (Wildman–Crippen MR) is 132 cm³/mol. The molecule has 2 aromatic rings. The average molecular weight is 489 g/mol. The van der Waals surface area contributed by atoms with Crippen LogP contribution in [0.25, 0.3) is 0 Å². The molecule has 1 fully saturated rings. The molecule has 0 saturated carbocycles. The van der Waals surface area contributed by atoms with E-state index in [-0.39, 0.29) is 21.9 Å².